The molecule has 0 saturated carbocycles. The van der Waals surface area contributed by atoms with Crippen molar-refractivity contribution < 1.29 is 24.1 Å². The van der Waals surface area contributed by atoms with Crippen LogP contribution in [0, 0.1) is 0 Å². The highest BCUT2D eigenvalue weighted by atomic mass is 32.1. The molecule has 2 aromatic rings. The fourth-order valence-electron chi connectivity index (χ4n) is 3.33. The Labute approximate surface area is 169 Å². The zero-order valence-electron chi connectivity index (χ0n) is 16.0. The normalized spacial score (nSPS) is 18.6. The Morgan fingerprint density at radius 2 is 2.00 bits per heavy atom. The number of hydrogen-bond acceptors (Lipinski definition) is 5. The van der Waals surface area contributed by atoms with E-state index < -0.39 is 18.2 Å². The monoisotopic (exact) mass is 401 g/mol. The van der Waals surface area contributed by atoms with Crippen LogP contribution < -0.4 is 14.8 Å². The molecule has 7 heteroatoms. The van der Waals surface area contributed by atoms with Gasteiger partial charge in [0.15, 0.2) is 11.5 Å². The minimum Gasteiger partial charge on any atom is -0.493 e. The molecule has 0 saturated heterocycles. The van der Waals surface area contributed by atoms with E-state index in [1.54, 1.807) is 20.3 Å². The molecule has 0 aromatic heterocycles. The number of nitrogens with one attached hydrogen (secondary N) is 1. The third kappa shape index (κ3) is 3.95. The lowest BCUT2D eigenvalue weighted by Gasteiger charge is -2.24. The molecule has 1 aliphatic rings. The number of methoxy groups -OCH3 is 2. The van der Waals surface area contributed by atoms with E-state index in [1.165, 1.54) is 0 Å². The highest BCUT2D eigenvalue weighted by molar-refractivity contribution is 7.80. The van der Waals surface area contributed by atoms with Crippen molar-refractivity contribution >= 4 is 28.9 Å². The maximum absolute atomic E-state index is 11.4. The number of aryl methyl sites for hydroxylation is 1. The van der Waals surface area contributed by atoms with Gasteiger partial charge in [-0.15, -0.1) is 0 Å². The van der Waals surface area contributed by atoms with Gasteiger partial charge in [-0.1, -0.05) is 43.4 Å². The summed E-state index contributed by atoms with van der Waals surface area (Å²) in [6.45, 7) is 2.08. The molecule has 1 aliphatic heterocycles. The van der Waals surface area contributed by atoms with E-state index in [-0.39, 0.29) is 6.42 Å². The fourth-order valence-corrected chi connectivity index (χ4v) is 3.58. The Morgan fingerprint density at radius 1 is 1.21 bits per heavy atom. The Morgan fingerprint density at radius 3 is 2.64 bits per heavy atom. The summed E-state index contributed by atoms with van der Waals surface area (Å²) < 4.78 is 17.3. The summed E-state index contributed by atoms with van der Waals surface area (Å²) >= 11 is 5.43. The van der Waals surface area contributed by atoms with Gasteiger partial charge in [0.2, 0.25) is 0 Å². The average molecular weight is 401 g/mol. The molecule has 0 radical (unpaired) electrons. The standard InChI is InChI=1S/C21H23NO5S/c1-4-12-8-9-15-14(10-12)19(27-17(11-18(23)24)21(28)22-15)13-6-5-7-16(25-2)20(13)26-3/h5-10,17,19H,4,11H2,1-3H3,(H,22,28)(H,23,24). The Bertz CT molecular complexity index is 898. The van der Waals surface area contributed by atoms with E-state index in [4.69, 9.17) is 26.4 Å². The lowest BCUT2D eigenvalue weighted by atomic mass is 9.96. The Balaban J connectivity index is 2.18. The van der Waals surface area contributed by atoms with Crippen LogP contribution >= 0.6 is 12.2 Å². The minimum absolute atomic E-state index is 0.233. The van der Waals surface area contributed by atoms with E-state index in [9.17, 15) is 9.90 Å². The highest BCUT2D eigenvalue weighted by Gasteiger charge is 2.33. The summed E-state index contributed by atoms with van der Waals surface area (Å²) in [4.78, 5) is 11.7. The second kappa shape index (κ2) is 8.58. The number of carbonyl (C=O) groups is 1. The van der Waals surface area contributed by atoms with Crippen LogP contribution in [0.4, 0.5) is 5.69 Å². The third-order valence-corrected chi connectivity index (χ3v) is 5.10. The predicted molar refractivity (Wildman–Crippen MR) is 111 cm³/mol. The van der Waals surface area contributed by atoms with Gasteiger partial charge >= 0.3 is 5.97 Å². The fraction of sp³-hybridized carbons (Fsp3) is 0.333. The molecule has 28 heavy (non-hydrogen) atoms. The van der Waals surface area contributed by atoms with Gasteiger partial charge < -0.3 is 24.6 Å². The van der Waals surface area contributed by atoms with Gasteiger partial charge in [0.25, 0.3) is 0 Å². The molecule has 6 nitrogen and oxygen atoms in total. The molecule has 3 rings (SSSR count). The number of hydrogen-bond donors (Lipinski definition) is 2. The van der Waals surface area contributed by atoms with Crippen molar-refractivity contribution in [3.8, 4) is 11.5 Å². The molecule has 0 amide bonds. The van der Waals surface area contributed by atoms with Crippen molar-refractivity contribution in [1.29, 1.82) is 0 Å². The molecule has 0 fully saturated rings. The van der Waals surface area contributed by atoms with Gasteiger partial charge in [-0.25, -0.2) is 0 Å². The molecule has 0 spiro atoms. The number of ether oxygens (including phenoxy) is 3. The van der Waals surface area contributed by atoms with Crippen LogP contribution in [-0.2, 0) is 16.0 Å². The molecule has 2 N–H and O–H groups in total. The first-order chi connectivity index (χ1) is 13.5. The number of anilines is 1. The second-order valence-corrected chi connectivity index (χ2v) is 6.89. The van der Waals surface area contributed by atoms with Crippen molar-refractivity contribution in [3.05, 3.63) is 53.1 Å². The molecule has 2 atom stereocenters. The molecule has 0 bridgehead atoms. The first kappa shape index (κ1) is 20.1. The lowest BCUT2D eigenvalue weighted by Crippen LogP contribution is -2.30. The van der Waals surface area contributed by atoms with Crippen LogP contribution in [0.5, 0.6) is 11.5 Å². The number of carboxylic acid groups (broad SMARTS) is 1. The van der Waals surface area contributed by atoms with Crippen LogP contribution in [0.15, 0.2) is 36.4 Å². The van der Waals surface area contributed by atoms with E-state index >= 15 is 0 Å². The quantitative estimate of drug-likeness (QED) is 0.709. The summed E-state index contributed by atoms with van der Waals surface area (Å²) in [5.74, 6) is 0.141. The minimum atomic E-state index is -0.981. The maximum Gasteiger partial charge on any atom is 0.306 e. The van der Waals surface area contributed by atoms with Crippen molar-refractivity contribution in [2.75, 3.05) is 19.5 Å². The summed E-state index contributed by atoms with van der Waals surface area (Å²) in [7, 11) is 3.14. The molecule has 0 aliphatic carbocycles. The second-order valence-electron chi connectivity index (χ2n) is 6.45. The highest BCUT2D eigenvalue weighted by Crippen LogP contribution is 2.43. The molecule has 1 heterocycles. The van der Waals surface area contributed by atoms with Gasteiger partial charge in [-0.05, 0) is 24.1 Å². The average Bonchev–Trinajstić information content (AvgIpc) is 2.82. The van der Waals surface area contributed by atoms with Crippen LogP contribution in [0.2, 0.25) is 0 Å². The van der Waals surface area contributed by atoms with Crippen molar-refractivity contribution in [2.45, 2.75) is 32.0 Å². The van der Waals surface area contributed by atoms with Crippen molar-refractivity contribution in [3.63, 3.8) is 0 Å². The largest absolute Gasteiger partial charge is 0.493 e. The van der Waals surface area contributed by atoms with E-state index in [2.05, 4.69) is 18.3 Å². The molecular formula is C21H23NO5S. The Kier molecular flexibility index (Phi) is 6.16. The third-order valence-electron chi connectivity index (χ3n) is 4.73. The van der Waals surface area contributed by atoms with Crippen LogP contribution in [0.1, 0.15) is 36.1 Å². The van der Waals surface area contributed by atoms with Crippen LogP contribution in [-0.4, -0.2) is 36.4 Å². The number of rotatable bonds is 6. The van der Waals surface area contributed by atoms with E-state index in [1.807, 2.05) is 24.3 Å². The summed E-state index contributed by atoms with van der Waals surface area (Å²) in [6, 6.07) is 11.6. The Hall–Kier alpha value is -2.64. The first-order valence-electron chi connectivity index (χ1n) is 9.00. The van der Waals surface area contributed by atoms with Crippen molar-refractivity contribution in [1.82, 2.24) is 0 Å². The smallest absolute Gasteiger partial charge is 0.306 e. The number of para-hydroxylation sites is 1. The molecule has 2 unspecified atom stereocenters. The van der Waals surface area contributed by atoms with Gasteiger partial charge in [0, 0.05) is 16.8 Å². The van der Waals surface area contributed by atoms with Gasteiger partial charge in [-0.2, -0.15) is 0 Å². The van der Waals surface area contributed by atoms with Gasteiger partial charge in [-0.3, -0.25) is 4.79 Å². The summed E-state index contributed by atoms with van der Waals surface area (Å²) in [5.41, 5.74) is 3.56. The maximum atomic E-state index is 11.4. The van der Waals surface area contributed by atoms with Crippen LogP contribution in [0.3, 0.4) is 0 Å². The first-order valence-corrected chi connectivity index (χ1v) is 9.41. The topological polar surface area (TPSA) is 77.0 Å². The molecular weight excluding hydrogens is 378 g/mol. The van der Waals surface area contributed by atoms with Gasteiger partial charge in [0.1, 0.15) is 17.2 Å². The number of aliphatic carboxylic acids is 1. The number of fused-ring (bicyclic) bond motifs is 1. The van der Waals surface area contributed by atoms with Crippen molar-refractivity contribution in [2.24, 2.45) is 0 Å². The van der Waals surface area contributed by atoms with E-state index in [0.717, 1.165) is 28.8 Å². The SMILES string of the molecule is CCc1ccc2c(c1)C(c1cccc(OC)c1OC)OC(CC(=O)O)C(=S)N2. The lowest BCUT2D eigenvalue weighted by molar-refractivity contribution is -0.139. The van der Waals surface area contributed by atoms with Gasteiger partial charge in [0.05, 0.1) is 20.6 Å². The number of benzene rings is 2. The zero-order chi connectivity index (χ0) is 20.3. The van der Waals surface area contributed by atoms with Crippen LogP contribution in [0.25, 0.3) is 0 Å². The number of thiocarbonyl (C=S) groups is 1. The summed E-state index contributed by atoms with van der Waals surface area (Å²) in [6.07, 6.45) is -0.712. The summed E-state index contributed by atoms with van der Waals surface area (Å²) in [5, 5.41) is 12.5. The zero-order valence-corrected chi connectivity index (χ0v) is 16.8. The number of carboxylic acids is 1. The van der Waals surface area contributed by atoms with E-state index in [0.29, 0.717) is 16.5 Å². The molecule has 2 aromatic carbocycles. The predicted octanol–water partition coefficient (Wildman–Crippen LogP) is 3.97. The molecule has 148 valence electrons.